The molecule has 0 aromatic heterocycles. The molecule has 0 aromatic carbocycles. The van der Waals surface area contributed by atoms with Gasteiger partial charge >= 0.3 is 5.97 Å². The lowest BCUT2D eigenvalue weighted by molar-refractivity contribution is -0.138. The first kappa shape index (κ1) is 36.5. The smallest absolute Gasteiger partial charge is 0.305 e. The SMILES string of the molecule is NC(=O)CCOCCOCCOCCOCCOCCOCCOCCOCCOCCOCCC(=O)O. The highest BCUT2D eigenvalue weighted by Gasteiger charge is 1.98. The van der Waals surface area contributed by atoms with Crippen LogP contribution in [0.4, 0.5) is 0 Å². The zero-order valence-corrected chi connectivity index (χ0v) is 22.5. The predicted molar refractivity (Wildman–Crippen MR) is 134 cm³/mol. The summed E-state index contributed by atoms with van der Waals surface area (Å²) in [5.41, 5.74) is 5.00. The molecule has 0 aliphatic heterocycles. The number of aliphatic carboxylic acids is 1. The lowest BCUT2D eigenvalue weighted by Crippen LogP contribution is -2.16. The van der Waals surface area contributed by atoms with Gasteiger partial charge in [-0.15, -0.1) is 0 Å². The molecule has 0 aliphatic carbocycles. The van der Waals surface area contributed by atoms with E-state index >= 15 is 0 Å². The van der Waals surface area contributed by atoms with Crippen LogP contribution >= 0.6 is 0 Å². The predicted octanol–water partition coefficient (Wildman–Crippen LogP) is -0.497. The van der Waals surface area contributed by atoms with Gasteiger partial charge in [0.2, 0.25) is 5.91 Å². The van der Waals surface area contributed by atoms with Crippen molar-refractivity contribution < 1.29 is 62.1 Å². The number of hydrogen-bond acceptors (Lipinski definition) is 12. The van der Waals surface area contributed by atoms with E-state index < -0.39 is 5.97 Å². The molecule has 226 valence electrons. The third-order valence-corrected chi connectivity index (χ3v) is 4.30. The van der Waals surface area contributed by atoms with Crippen LogP contribution < -0.4 is 5.73 Å². The molecular weight excluding hydrogens is 510 g/mol. The second-order valence-corrected chi connectivity index (χ2v) is 7.48. The molecule has 0 fully saturated rings. The molecule has 0 bridgehead atoms. The number of nitrogens with two attached hydrogens (primary N) is 1. The minimum Gasteiger partial charge on any atom is -0.481 e. The summed E-state index contributed by atoms with van der Waals surface area (Å²) in [5, 5.41) is 8.46. The van der Waals surface area contributed by atoms with Crippen LogP contribution in [0.25, 0.3) is 0 Å². The van der Waals surface area contributed by atoms with Crippen LogP contribution in [0.1, 0.15) is 12.8 Å². The minimum atomic E-state index is -0.877. The van der Waals surface area contributed by atoms with Crippen molar-refractivity contribution in [1.29, 1.82) is 0 Å². The van der Waals surface area contributed by atoms with E-state index in [2.05, 4.69) is 0 Å². The zero-order valence-electron chi connectivity index (χ0n) is 22.5. The van der Waals surface area contributed by atoms with E-state index in [4.69, 9.17) is 58.2 Å². The largest absolute Gasteiger partial charge is 0.481 e. The summed E-state index contributed by atoms with van der Waals surface area (Å²) >= 11 is 0. The van der Waals surface area contributed by atoms with Crippen molar-refractivity contribution >= 4 is 11.9 Å². The molecule has 0 aliphatic rings. The maximum Gasteiger partial charge on any atom is 0.305 e. The fourth-order valence-corrected chi connectivity index (χ4v) is 2.41. The van der Waals surface area contributed by atoms with Gasteiger partial charge in [0, 0.05) is 6.42 Å². The molecule has 0 saturated carbocycles. The maximum atomic E-state index is 10.5. The van der Waals surface area contributed by atoms with Crippen LogP contribution in [0.5, 0.6) is 0 Å². The number of ether oxygens (including phenoxy) is 10. The molecule has 3 N–H and O–H groups in total. The van der Waals surface area contributed by atoms with E-state index in [-0.39, 0.29) is 25.4 Å². The number of carbonyl (C=O) groups is 2. The van der Waals surface area contributed by atoms with Crippen LogP contribution in [0.3, 0.4) is 0 Å². The van der Waals surface area contributed by atoms with Gasteiger partial charge in [0.25, 0.3) is 0 Å². The highest BCUT2D eigenvalue weighted by Crippen LogP contribution is 1.88. The summed E-state index contributed by atoms with van der Waals surface area (Å²) in [7, 11) is 0. The van der Waals surface area contributed by atoms with Crippen molar-refractivity contribution in [2.75, 3.05) is 132 Å². The molecule has 0 saturated heterocycles. The minimum absolute atomic E-state index is 0.00424. The standard InChI is InChI=1S/C24H47NO13/c25-23(26)1-3-29-5-7-31-9-11-33-13-15-35-17-19-37-21-22-38-20-18-36-16-14-34-12-10-32-8-6-30-4-2-24(27)28/h1-22H2,(H2,25,26)(H,27,28). The molecule has 0 unspecified atom stereocenters. The highest BCUT2D eigenvalue weighted by atomic mass is 16.6. The summed E-state index contributed by atoms with van der Waals surface area (Å²) in [6.07, 6.45) is 0.212. The summed E-state index contributed by atoms with van der Waals surface area (Å²) < 4.78 is 53.3. The van der Waals surface area contributed by atoms with E-state index in [1.165, 1.54) is 0 Å². The molecule has 0 rings (SSSR count). The Kier molecular flexibility index (Phi) is 30.5. The Morgan fingerprint density at radius 3 is 0.737 bits per heavy atom. The van der Waals surface area contributed by atoms with E-state index in [0.717, 1.165) is 0 Å². The van der Waals surface area contributed by atoms with Gasteiger partial charge in [0.05, 0.1) is 139 Å². The van der Waals surface area contributed by atoms with Gasteiger partial charge in [-0.2, -0.15) is 0 Å². The zero-order chi connectivity index (χ0) is 27.8. The third kappa shape index (κ3) is 34.5. The lowest BCUT2D eigenvalue weighted by atomic mass is 10.4. The number of carboxylic acid groups (broad SMARTS) is 1. The van der Waals surface area contributed by atoms with Gasteiger partial charge in [-0.25, -0.2) is 0 Å². The van der Waals surface area contributed by atoms with Gasteiger partial charge in [-0.1, -0.05) is 0 Å². The van der Waals surface area contributed by atoms with Crippen molar-refractivity contribution in [3.63, 3.8) is 0 Å². The number of hydrogen-bond donors (Lipinski definition) is 2. The van der Waals surface area contributed by atoms with E-state index in [9.17, 15) is 9.59 Å². The van der Waals surface area contributed by atoms with Gasteiger partial charge in [-0.05, 0) is 0 Å². The topological polar surface area (TPSA) is 173 Å². The van der Waals surface area contributed by atoms with Crippen molar-refractivity contribution in [3.05, 3.63) is 0 Å². The van der Waals surface area contributed by atoms with Crippen LogP contribution in [0, 0.1) is 0 Å². The first-order chi connectivity index (χ1) is 18.6. The molecule has 1 amide bonds. The summed E-state index contributed by atoms with van der Waals surface area (Å²) in [4.78, 5) is 20.8. The normalized spacial score (nSPS) is 11.3. The van der Waals surface area contributed by atoms with Crippen LogP contribution in [0.2, 0.25) is 0 Å². The Morgan fingerprint density at radius 1 is 0.368 bits per heavy atom. The van der Waals surface area contributed by atoms with Crippen molar-refractivity contribution in [2.24, 2.45) is 5.73 Å². The fourth-order valence-electron chi connectivity index (χ4n) is 2.41. The van der Waals surface area contributed by atoms with Gasteiger partial charge in [0.15, 0.2) is 0 Å². The third-order valence-electron chi connectivity index (χ3n) is 4.30. The Hall–Kier alpha value is -1.46. The molecule has 0 radical (unpaired) electrons. The first-order valence-corrected chi connectivity index (χ1v) is 12.9. The Morgan fingerprint density at radius 2 is 0.553 bits per heavy atom. The van der Waals surface area contributed by atoms with E-state index in [0.29, 0.717) is 126 Å². The fraction of sp³-hybridized carbons (Fsp3) is 0.917. The van der Waals surface area contributed by atoms with Crippen LogP contribution in [-0.4, -0.2) is 149 Å². The van der Waals surface area contributed by atoms with Crippen molar-refractivity contribution in [2.45, 2.75) is 12.8 Å². The number of carboxylic acids is 1. The molecule has 0 heterocycles. The second kappa shape index (κ2) is 31.8. The Labute approximate surface area is 225 Å². The van der Waals surface area contributed by atoms with Crippen LogP contribution in [0.15, 0.2) is 0 Å². The Bertz CT molecular complexity index is 470. The molecule has 14 nitrogen and oxygen atoms in total. The van der Waals surface area contributed by atoms with Gasteiger partial charge in [-0.3, -0.25) is 9.59 Å². The molecular formula is C24H47NO13. The second-order valence-electron chi connectivity index (χ2n) is 7.48. The summed E-state index contributed by atoms with van der Waals surface area (Å²) in [6.45, 7) is 8.76. The highest BCUT2D eigenvalue weighted by molar-refractivity contribution is 5.73. The summed E-state index contributed by atoms with van der Waals surface area (Å²) in [6, 6.07) is 0. The van der Waals surface area contributed by atoms with E-state index in [1.54, 1.807) is 0 Å². The summed E-state index contributed by atoms with van der Waals surface area (Å²) in [5.74, 6) is -1.26. The van der Waals surface area contributed by atoms with Crippen molar-refractivity contribution in [1.82, 2.24) is 0 Å². The number of amides is 1. The molecule has 0 spiro atoms. The molecule has 0 atom stereocenters. The van der Waals surface area contributed by atoms with Crippen molar-refractivity contribution in [3.8, 4) is 0 Å². The number of primary amides is 1. The van der Waals surface area contributed by atoms with E-state index in [1.807, 2.05) is 0 Å². The molecule has 0 aromatic rings. The van der Waals surface area contributed by atoms with Gasteiger partial charge < -0.3 is 58.2 Å². The maximum absolute atomic E-state index is 10.5. The molecule has 14 heteroatoms. The lowest BCUT2D eigenvalue weighted by Gasteiger charge is -2.09. The average molecular weight is 558 g/mol. The quantitative estimate of drug-likeness (QED) is 0.0990. The number of carbonyl (C=O) groups excluding carboxylic acids is 1. The monoisotopic (exact) mass is 557 g/mol. The average Bonchev–Trinajstić information content (AvgIpc) is 2.89. The molecule has 38 heavy (non-hydrogen) atoms. The Balaban J connectivity index is 3.04. The van der Waals surface area contributed by atoms with Crippen LogP contribution in [-0.2, 0) is 57.0 Å². The number of rotatable bonds is 33. The first-order valence-electron chi connectivity index (χ1n) is 12.9. The van der Waals surface area contributed by atoms with Gasteiger partial charge in [0.1, 0.15) is 0 Å².